The van der Waals surface area contributed by atoms with Crippen LogP contribution in [0.15, 0.2) is 42.5 Å². The lowest BCUT2D eigenvalue weighted by atomic mass is 10.0. The van der Waals surface area contributed by atoms with Crippen molar-refractivity contribution in [3.05, 3.63) is 64.2 Å². The minimum Gasteiger partial charge on any atom is -0.478 e. The molecule has 0 amide bonds. The number of aromatic carboxylic acids is 2. The normalized spacial score (nSPS) is 12.4. The molecule has 0 bridgehead atoms. The highest BCUT2D eigenvalue weighted by atomic mass is 35.5. The number of carboxylic acids is 2. The zero-order chi connectivity index (χ0) is 20.4. The fourth-order valence-electron chi connectivity index (χ4n) is 2.63. The molecule has 0 radical (unpaired) electrons. The van der Waals surface area contributed by atoms with Crippen molar-refractivity contribution in [2.45, 2.75) is 13.0 Å². The van der Waals surface area contributed by atoms with Gasteiger partial charge in [0.15, 0.2) is 9.84 Å². The highest BCUT2D eigenvalue weighted by molar-refractivity contribution is 7.90. The van der Waals surface area contributed by atoms with Gasteiger partial charge >= 0.3 is 11.9 Å². The zero-order valence-electron chi connectivity index (χ0n) is 14.6. The maximum atomic E-state index is 12.0. The van der Waals surface area contributed by atoms with Crippen LogP contribution in [0.5, 0.6) is 0 Å². The molecule has 2 rings (SSSR count). The van der Waals surface area contributed by atoms with Crippen LogP contribution in [0.25, 0.3) is 0 Å². The van der Waals surface area contributed by atoms with E-state index in [9.17, 15) is 28.2 Å². The second kappa shape index (κ2) is 7.98. The first-order valence-electron chi connectivity index (χ1n) is 7.79. The number of carboxylic acid groups (broad SMARTS) is 2. The van der Waals surface area contributed by atoms with E-state index in [0.717, 1.165) is 12.3 Å². The fraction of sp³-hybridized carbons (Fsp3) is 0.222. The summed E-state index contributed by atoms with van der Waals surface area (Å²) in [5, 5.41) is 19.0. The predicted octanol–water partition coefficient (Wildman–Crippen LogP) is 3.31. The van der Waals surface area contributed by atoms with E-state index in [1.807, 2.05) is 0 Å². The Hall–Kier alpha value is -2.58. The zero-order valence-corrected chi connectivity index (χ0v) is 16.2. The third kappa shape index (κ3) is 5.45. The van der Waals surface area contributed by atoms with Gasteiger partial charge in [-0.2, -0.15) is 0 Å². The third-order valence-electron chi connectivity index (χ3n) is 3.92. The Morgan fingerprint density at radius 2 is 1.63 bits per heavy atom. The quantitative estimate of drug-likeness (QED) is 0.718. The van der Waals surface area contributed by atoms with Gasteiger partial charge in [0.1, 0.15) is 5.88 Å². The molecule has 0 aliphatic heterocycles. The summed E-state index contributed by atoms with van der Waals surface area (Å²) in [6, 6.07) is 9.82. The van der Waals surface area contributed by atoms with Crippen LogP contribution < -0.4 is 4.90 Å². The van der Waals surface area contributed by atoms with E-state index in [2.05, 4.69) is 0 Å². The van der Waals surface area contributed by atoms with Crippen LogP contribution in [0.2, 0.25) is 5.02 Å². The molecule has 144 valence electrons. The minimum atomic E-state index is -3.50. The summed E-state index contributed by atoms with van der Waals surface area (Å²) in [5.74, 6) is -3.05. The number of benzene rings is 2. The van der Waals surface area contributed by atoms with Crippen LogP contribution in [0.3, 0.4) is 0 Å². The Labute approximate surface area is 161 Å². The van der Waals surface area contributed by atoms with Gasteiger partial charge in [-0.3, -0.25) is 0 Å². The van der Waals surface area contributed by atoms with Crippen molar-refractivity contribution in [3.63, 3.8) is 0 Å². The molecule has 2 N–H and O–H groups in total. The number of halogens is 1. The van der Waals surface area contributed by atoms with E-state index in [1.54, 1.807) is 31.2 Å². The molecule has 7 nitrogen and oxygen atoms in total. The van der Waals surface area contributed by atoms with Crippen molar-refractivity contribution in [1.29, 1.82) is 0 Å². The van der Waals surface area contributed by atoms with E-state index in [4.69, 9.17) is 11.6 Å². The van der Waals surface area contributed by atoms with Crippen LogP contribution in [-0.4, -0.2) is 42.7 Å². The number of hydrogen-bond acceptors (Lipinski definition) is 5. The van der Waals surface area contributed by atoms with E-state index in [-0.39, 0.29) is 16.8 Å². The van der Waals surface area contributed by atoms with Gasteiger partial charge in [-0.05, 0) is 42.8 Å². The van der Waals surface area contributed by atoms with E-state index >= 15 is 0 Å². The highest BCUT2D eigenvalue weighted by Gasteiger charge is 2.23. The summed E-state index contributed by atoms with van der Waals surface area (Å²) in [6.45, 7) is 1.73. The molecule has 1 atom stereocenters. The van der Waals surface area contributed by atoms with Gasteiger partial charge in [-0.15, -0.1) is 0 Å². The highest BCUT2D eigenvalue weighted by Crippen LogP contribution is 2.30. The lowest BCUT2D eigenvalue weighted by molar-refractivity contribution is 0.0696. The average Bonchev–Trinajstić information content (AvgIpc) is 2.57. The van der Waals surface area contributed by atoms with Crippen molar-refractivity contribution < 1.29 is 28.2 Å². The first kappa shape index (κ1) is 20.7. The van der Waals surface area contributed by atoms with Crippen LogP contribution in [0.1, 0.15) is 39.2 Å². The summed E-state index contributed by atoms with van der Waals surface area (Å²) in [7, 11) is -3.50. The Bertz CT molecular complexity index is 957. The molecule has 2 aromatic carbocycles. The maximum absolute atomic E-state index is 12.0. The Kier molecular flexibility index (Phi) is 6.12. The lowest BCUT2D eigenvalue weighted by Gasteiger charge is -2.31. The molecule has 0 spiro atoms. The maximum Gasteiger partial charge on any atom is 0.335 e. The number of carbonyl (C=O) groups is 2. The largest absolute Gasteiger partial charge is 0.478 e. The van der Waals surface area contributed by atoms with E-state index in [0.29, 0.717) is 10.6 Å². The van der Waals surface area contributed by atoms with E-state index in [1.165, 1.54) is 17.0 Å². The van der Waals surface area contributed by atoms with Gasteiger partial charge in [-0.1, -0.05) is 23.7 Å². The number of anilines is 1. The monoisotopic (exact) mass is 411 g/mol. The molecule has 0 aliphatic carbocycles. The van der Waals surface area contributed by atoms with Crippen molar-refractivity contribution in [3.8, 4) is 0 Å². The standard InChI is InChI=1S/C18H18ClNO6S/c1-11(12-4-3-5-15(19)7-12)20(10-27(2,25)26)16-8-13(17(21)22)6-14(9-16)18(23)24/h3-9,11H,10H2,1-2H3,(H,21,22)(H,23,24)/t11-/m1/s1. The van der Waals surface area contributed by atoms with Crippen molar-refractivity contribution in [1.82, 2.24) is 0 Å². The number of sulfone groups is 1. The van der Waals surface area contributed by atoms with Crippen molar-refractivity contribution in [2.75, 3.05) is 17.0 Å². The molecule has 9 heteroatoms. The van der Waals surface area contributed by atoms with Gasteiger partial charge in [0, 0.05) is 17.0 Å². The Balaban J connectivity index is 2.63. The van der Waals surface area contributed by atoms with Crippen molar-refractivity contribution >= 4 is 39.1 Å². The van der Waals surface area contributed by atoms with Crippen LogP contribution in [0.4, 0.5) is 5.69 Å². The molecular formula is C18H18ClNO6S. The second-order valence-electron chi connectivity index (χ2n) is 6.13. The summed E-state index contributed by atoms with van der Waals surface area (Å²) >= 11 is 6.01. The lowest BCUT2D eigenvalue weighted by Crippen LogP contribution is -2.32. The van der Waals surface area contributed by atoms with Gasteiger partial charge in [0.25, 0.3) is 0 Å². The van der Waals surface area contributed by atoms with Crippen LogP contribution >= 0.6 is 11.6 Å². The van der Waals surface area contributed by atoms with Gasteiger partial charge < -0.3 is 15.1 Å². The Morgan fingerprint density at radius 3 is 2.07 bits per heavy atom. The summed E-state index contributed by atoms with van der Waals surface area (Å²) in [4.78, 5) is 24.2. The van der Waals surface area contributed by atoms with Crippen LogP contribution in [-0.2, 0) is 9.84 Å². The number of hydrogen-bond donors (Lipinski definition) is 2. The molecule has 0 unspecified atom stereocenters. The second-order valence-corrected chi connectivity index (χ2v) is 8.68. The third-order valence-corrected chi connectivity index (χ3v) is 4.90. The van der Waals surface area contributed by atoms with Crippen molar-refractivity contribution in [2.24, 2.45) is 0 Å². The minimum absolute atomic E-state index is 0.171. The number of rotatable bonds is 7. The topological polar surface area (TPSA) is 112 Å². The molecule has 0 saturated carbocycles. The molecule has 0 fully saturated rings. The number of nitrogens with zero attached hydrogens (tertiary/aromatic N) is 1. The van der Waals surface area contributed by atoms with E-state index < -0.39 is 33.7 Å². The van der Waals surface area contributed by atoms with Crippen LogP contribution in [0, 0.1) is 0 Å². The summed E-state index contributed by atoms with van der Waals surface area (Å²) in [5.41, 5.74) is 0.373. The molecular weight excluding hydrogens is 394 g/mol. The average molecular weight is 412 g/mol. The molecule has 27 heavy (non-hydrogen) atoms. The molecule has 2 aromatic rings. The van der Waals surface area contributed by atoms with Gasteiger partial charge in [-0.25, -0.2) is 18.0 Å². The smallest absolute Gasteiger partial charge is 0.335 e. The molecule has 0 saturated heterocycles. The molecule has 0 heterocycles. The fourth-order valence-corrected chi connectivity index (χ4v) is 3.71. The van der Waals surface area contributed by atoms with Gasteiger partial charge in [0.2, 0.25) is 0 Å². The first-order valence-corrected chi connectivity index (χ1v) is 10.2. The SMILES string of the molecule is C[C@H](c1cccc(Cl)c1)N(CS(C)(=O)=O)c1cc(C(=O)O)cc(C(=O)O)c1. The summed E-state index contributed by atoms with van der Waals surface area (Å²) < 4.78 is 23.9. The molecule has 0 aromatic heterocycles. The van der Waals surface area contributed by atoms with Gasteiger partial charge in [0.05, 0.1) is 17.2 Å². The molecule has 0 aliphatic rings. The summed E-state index contributed by atoms with van der Waals surface area (Å²) in [6.07, 6.45) is 1.05. The first-order chi connectivity index (χ1) is 12.5. The Morgan fingerprint density at radius 1 is 1.07 bits per heavy atom. The predicted molar refractivity (Wildman–Crippen MR) is 102 cm³/mol.